The van der Waals surface area contributed by atoms with Gasteiger partial charge in [-0.25, -0.2) is 4.98 Å². The highest BCUT2D eigenvalue weighted by Gasteiger charge is 2.10. The highest BCUT2D eigenvalue weighted by Crippen LogP contribution is 2.08. The molecule has 74 valence electrons. The summed E-state index contributed by atoms with van der Waals surface area (Å²) in [6, 6.07) is 4.87. The maximum absolute atomic E-state index is 11.4. The van der Waals surface area contributed by atoms with Crippen LogP contribution in [0.15, 0.2) is 18.2 Å². The molecule has 0 aliphatic heterocycles. The van der Waals surface area contributed by atoms with E-state index >= 15 is 0 Å². The van der Waals surface area contributed by atoms with Crippen LogP contribution in [0.25, 0.3) is 0 Å². The van der Waals surface area contributed by atoms with Gasteiger partial charge in [-0.05, 0) is 13.0 Å². The fourth-order valence-electron chi connectivity index (χ4n) is 1.00. The quantitative estimate of drug-likeness (QED) is 0.533. The minimum absolute atomic E-state index is 0.111. The number of carbonyl (C=O) groups is 2. The van der Waals surface area contributed by atoms with E-state index in [4.69, 9.17) is 4.74 Å². The van der Waals surface area contributed by atoms with E-state index in [2.05, 4.69) is 4.98 Å². The Balaban J connectivity index is 2.84. The van der Waals surface area contributed by atoms with E-state index < -0.39 is 0 Å². The van der Waals surface area contributed by atoms with E-state index in [9.17, 15) is 9.59 Å². The Labute approximate surface area is 81.9 Å². The Morgan fingerprint density at radius 1 is 1.43 bits per heavy atom. The maximum Gasteiger partial charge on any atom is 0.213 e. The van der Waals surface area contributed by atoms with Crippen LogP contribution in [0.1, 0.15) is 23.8 Å². The van der Waals surface area contributed by atoms with Gasteiger partial charge in [-0.3, -0.25) is 9.59 Å². The smallest absolute Gasteiger partial charge is 0.213 e. The Hall–Kier alpha value is -1.71. The van der Waals surface area contributed by atoms with E-state index in [1.807, 2.05) is 0 Å². The molecule has 0 fully saturated rings. The number of methoxy groups -OCH3 is 1. The monoisotopic (exact) mass is 193 g/mol. The lowest BCUT2D eigenvalue weighted by molar-refractivity contribution is -0.116. The Bertz CT molecular complexity index is 360. The lowest BCUT2D eigenvalue weighted by Gasteiger charge is -2.00. The van der Waals surface area contributed by atoms with Crippen molar-refractivity contribution in [3.8, 4) is 5.88 Å². The van der Waals surface area contributed by atoms with Gasteiger partial charge in [-0.1, -0.05) is 6.07 Å². The van der Waals surface area contributed by atoms with Crippen molar-refractivity contribution in [2.75, 3.05) is 7.11 Å². The largest absolute Gasteiger partial charge is 0.481 e. The SMILES string of the molecule is COc1cccc(C(=O)CC(C)=O)n1. The summed E-state index contributed by atoms with van der Waals surface area (Å²) in [7, 11) is 1.47. The van der Waals surface area contributed by atoms with Gasteiger partial charge in [0, 0.05) is 6.07 Å². The number of ketones is 2. The number of hydrogen-bond donors (Lipinski definition) is 0. The maximum atomic E-state index is 11.4. The molecule has 0 aromatic carbocycles. The Morgan fingerprint density at radius 3 is 2.71 bits per heavy atom. The first-order chi connectivity index (χ1) is 6.63. The summed E-state index contributed by atoms with van der Waals surface area (Å²) in [5.41, 5.74) is 0.263. The molecule has 0 N–H and O–H groups in total. The number of carbonyl (C=O) groups excluding carboxylic acids is 2. The topological polar surface area (TPSA) is 56.3 Å². The summed E-state index contributed by atoms with van der Waals surface area (Å²) in [5.74, 6) is -0.0737. The zero-order valence-corrected chi connectivity index (χ0v) is 8.11. The average molecular weight is 193 g/mol. The van der Waals surface area contributed by atoms with Gasteiger partial charge in [0.15, 0.2) is 5.78 Å². The van der Waals surface area contributed by atoms with Gasteiger partial charge in [-0.15, -0.1) is 0 Å². The van der Waals surface area contributed by atoms with Crippen LogP contribution >= 0.6 is 0 Å². The molecule has 0 aliphatic carbocycles. The van der Waals surface area contributed by atoms with Gasteiger partial charge < -0.3 is 4.74 Å². The second-order valence-electron chi connectivity index (χ2n) is 2.87. The van der Waals surface area contributed by atoms with Crippen LogP contribution in [0.2, 0.25) is 0 Å². The van der Waals surface area contributed by atoms with Gasteiger partial charge in [-0.2, -0.15) is 0 Å². The van der Waals surface area contributed by atoms with Crippen molar-refractivity contribution in [3.05, 3.63) is 23.9 Å². The Morgan fingerprint density at radius 2 is 2.14 bits per heavy atom. The highest BCUT2D eigenvalue weighted by molar-refractivity contribution is 6.06. The third-order valence-corrected chi connectivity index (χ3v) is 1.63. The minimum Gasteiger partial charge on any atom is -0.481 e. The van der Waals surface area contributed by atoms with Crippen LogP contribution in [-0.2, 0) is 4.79 Å². The fraction of sp³-hybridized carbons (Fsp3) is 0.300. The molecule has 4 heteroatoms. The Kier molecular flexibility index (Phi) is 3.34. The minimum atomic E-state index is -0.281. The number of ether oxygens (including phenoxy) is 1. The van der Waals surface area contributed by atoms with Gasteiger partial charge in [0.2, 0.25) is 5.88 Å². The molecule has 14 heavy (non-hydrogen) atoms. The third kappa shape index (κ3) is 2.65. The molecule has 0 spiro atoms. The molecule has 0 atom stereocenters. The first-order valence-electron chi connectivity index (χ1n) is 4.17. The summed E-state index contributed by atoms with van der Waals surface area (Å²) in [6.45, 7) is 1.37. The van der Waals surface area contributed by atoms with Crippen molar-refractivity contribution in [3.63, 3.8) is 0 Å². The molecule has 0 bridgehead atoms. The fourth-order valence-corrected chi connectivity index (χ4v) is 1.00. The molecular weight excluding hydrogens is 182 g/mol. The van der Waals surface area contributed by atoms with Crippen LogP contribution in [0.3, 0.4) is 0 Å². The summed E-state index contributed by atoms with van der Waals surface area (Å²) < 4.78 is 4.86. The zero-order valence-electron chi connectivity index (χ0n) is 8.11. The lowest BCUT2D eigenvalue weighted by Crippen LogP contribution is -2.07. The molecule has 1 aromatic rings. The van der Waals surface area contributed by atoms with Crippen LogP contribution < -0.4 is 4.74 Å². The number of aromatic nitrogens is 1. The van der Waals surface area contributed by atoms with Crippen LogP contribution in [-0.4, -0.2) is 23.7 Å². The molecule has 0 unspecified atom stereocenters. The van der Waals surface area contributed by atoms with E-state index in [0.717, 1.165) is 0 Å². The summed E-state index contributed by atoms with van der Waals surface area (Å²) in [6.07, 6.45) is -0.111. The third-order valence-electron chi connectivity index (χ3n) is 1.63. The highest BCUT2D eigenvalue weighted by atomic mass is 16.5. The standard InChI is InChI=1S/C10H11NO3/c1-7(12)6-9(13)8-4-3-5-10(11-8)14-2/h3-5H,6H2,1-2H3. The molecule has 0 amide bonds. The predicted molar refractivity (Wildman–Crippen MR) is 50.4 cm³/mol. The van der Waals surface area contributed by atoms with Crippen LogP contribution in [0.4, 0.5) is 0 Å². The van der Waals surface area contributed by atoms with Gasteiger partial charge in [0.05, 0.1) is 13.5 Å². The zero-order chi connectivity index (χ0) is 10.6. The van der Waals surface area contributed by atoms with Crippen molar-refractivity contribution < 1.29 is 14.3 Å². The van der Waals surface area contributed by atoms with E-state index in [1.54, 1.807) is 18.2 Å². The summed E-state index contributed by atoms with van der Waals surface area (Å²) in [5, 5.41) is 0. The molecule has 1 aromatic heterocycles. The van der Waals surface area contributed by atoms with E-state index in [0.29, 0.717) is 5.88 Å². The summed E-state index contributed by atoms with van der Waals surface area (Å²) in [4.78, 5) is 26.0. The van der Waals surface area contributed by atoms with Crippen molar-refractivity contribution in [2.24, 2.45) is 0 Å². The van der Waals surface area contributed by atoms with Crippen molar-refractivity contribution in [1.29, 1.82) is 0 Å². The normalized spacial score (nSPS) is 9.57. The molecule has 1 heterocycles. The van der Waals surface area contributed by atoms with Gasteiger partial charge in [0.1, 0.15) is 11.5 Å². The number of nitrogens with zero attached hydrogens (tertiary/aromatic N) is 1. The molecular formula is C10H11NO3. The average Bonchev–Trinajstić information content (AvgIpc) is 2.17. The molecule has 4 nitrogen and oxygen atoms in total. The van der Waals surface area contributed by atoms with Gasteiger partial charge in [0.25, 0.3) is 0 Å². The first kappa shape index (κ1) is 10.4. The first-order valence-corrected chi connectivity index (χ1v) is 4.17. The lowest BCUT2D eigenvalue weighted by atomic mass is 10.1. The number of rotatable bonds is 4. The summed E-state index contributed by atoms with van der Waals surface area (Å²) >= 11 is 0. The molecule has 1 rings (SSSR count). The molecule has 0 aliphatic rings. The molecule has 0 saturated carbocycles. The van der Waals surface area contributed by atoms with Gasteiger partial charge >= 0.3 is 0 Å². The van der Waals surface area contributed by atoms with Crippen molar-refractivity contribution >= 4 is 11.6 Å². The second kappa shape index (κ2) is 4.50. The van der Waals surface area contributed by atoms with Crippen LogP contribution in [0, 0.1) is 0 Å². The predicted octanol–water partition coefficient (Wildman–Crippen LogP) is 1.25. The molecule has 0 radical (unpaired) electrons. The van der Waals surface area contributed by atoms with E-state index in [-0.39, 0.29) is 23.7 Å². The van der Waals surface area contributed by atoms with E-state index in [1.165, 1.54) is 14.0 Å². The second-order valence-corrected chi connectivity index (χ2v) is 2.87. The van der Waals surface area contributed by atoms with Crippen LogP contribution in [0.5, 0.6) is 5.88 Å². The van der Waals surface area contributed by atoms with Crippen molar-refractivity contribution in [2.45, 2.75) is 13.3 Å². The molecule has 0 saturated heterocycles. The number of pyridine rings is 1. The van der Waals surface area contributed by atoms with Crippen molar-refractivity contribution in [1.82, 2.24) is 4.98 Å². The number of Topliss-reactive ketones (excluding diaryl/α,β-unsaturated/α-hetero) is 2. The number of hydrogen-bond acceptors (Lipinski definition) is 4.